The van der Waals surface area contributed by atoms with Gasteiger partial charge < -0.3 is 20.7 Å². The molecule has 0 bridgehead atoms. The number of amides is 2. The van der Waals surface area contributed by atoms with Gasteiger partial charge in [0, 0.05) is 13.1 Å². The Balaban J connectivity index is 1.50. The van der Waals surface area contributed by atoms with E-state index in [0.29, 0.717) is 19.5 Å². The molecule has 1 aromatic carbocycles. The molecule has 1 aliphatic heterocycles. The summed E-state index contributed by atoms with van der Waals surface area (Å²) in [6.45, 7) is 1.14. The number of carbonyl (C=O) groups is 2. The maximum absolute atomic E-state index is 12.3. The fraction of sp³-hybridized carbons (Fsp3) is 0.556. The van der Waals surface area contributed by atoms with Crippen molar-refractivity contribution in [2.24, 2.45) is 5.73 Å². The van der Waals surface area contributed by atoms with Crippen molar-refractivity contribution in [2.75, 3.05) is 24.6 Å². The Morgan fingerprint density at radius 3 is 2.79 bits per heavy atom. The Kier molecular flexibility index (Phi) is 5.04. The van der Waals surface area contributed by atoms with Crippen molar-refractivity contribution in [1.82, 2.24) is 5.32 Å². The van der Waals surface area contributed by atoms with Crippen LogP contribution in [0.3, 0.4) is 0 Å². The van der Waals surface area contributed by atoms with Crippen LogP contribution in [0.5, 0.6) is 5.75 Å². The van der Waals surface area contributed by atoms with Crippen LogP contribution in [0.15, 0.2) is 24.3 Å². The average molecular weight is 331 g/mol. The van der Waals surface area contributed by atoms with Crippen LogP contribution in [0.25, 0.3) is 0 Å². The number of para-hydroxylation sites is 2. The molecular weight excluding hydrogens is 306 g/mol. The van der Waals surface area contributed by atoms with E-state index in [9.17, 15) is 9.59 Å². The molecule has 6 nitrogen and oxygen atoms in total. The molecule has 3 rings (SSSR count). The maximum Gasteiger partial charge on any atom is 0.265 e. The number of anilines is 1. The van der Waals surface area contributed by atoms with Crippen LogP contribution in [0, 0.1) is 0 Å². The van der Waals surface area contributed by atoms with Crippen LogP contribution in [-0.2, 0) is 9.59 Å². The molecule has 0 atom stereocenters. The third-order valence-electron chi connectivity index (χ3n) is 4.85. The SMILES string of the molecule is NC1(C(=O)NCCCN2C(=O)COc3ccccc32)CCCCC1. The van der Waals surface area contributed by atoms with Gasteiger partial charge in [-0.25, -0.2) is 0 Å². The van der Waals surface area contributed by atoms with Crippen molar-refractivity contribution in [3.8, 4) is 5.75 Å². The molecule has 0 unspecified atom stereocenters. The molecule has 1 heterocycles. The van der Waals surface area contributed by atoms with E-state index in [1.807, 2.05) is 24.3 Å². The number of nitrogens with zero attached hydrogens (tertiary/aromatic N) is 1. The number of ether oxygens (including phenoxy) is 1. The Bertz CT molecular complexity index is 611. The van der Waals surface area contributed by atoms with Crippen LogP contribution < -0.4 is 20.7 Å². The van der Waals surface area contributed by atoms with Crippen LogP contribution in [-0.4, -0.2) is 37.0 Å². The van der Waals surface area contributed by atoms with Gasteiger partial charge in [0.2, 0.25) is 5.91 Å². The van der Waals surface area contributed by atoms with E-state index in [0.717, 1.165) is 43.5 Å². The van der Waals surface area contributed by atoms with E-state index >= 15 is 0 Å². The van der Waals surface area contributed by atoms with E-state index in [1.54, 1.807) is 4.90 Å². The number of hydrogen-bond acceptors (Lipinski definition) is 4. The second kappa shape index (κ2) is 7.21. The van der Waals surface area contributed by atoms with Gasteiger partial charge in [-0.05, 0) is 31.4 Å². The van der Waals surface area contributed by atoms with Crippen LogP contribution in [0.4, 0.5) is 5.69 Å². The number of hydrogen-bond donors (Lipinski definition) is 2. The third-order valence-corrected chi connectivity index (χ3v) is 4.85. The Hall–Kier alpha value is -2.08. The molecule has 130 valence electrons. The van der Waals surface area contributed by atoms with Crippen molar-refractivity contribution in [3.63, 3.8) is 0 Å². The van der Waals surface area contributed by atoms with E-state index in [4.69, 9.17) is 10.5 Å². The smallest absolute Gasteiger partial charge is 0.265 e. The van der Waals surface area contributed by atoms with Crippen LogP contribution in [0.1, 0.15) is 38.5 Å². The molecular formula is C18H25N3O3. The zero-order chi connectivity index (χ0) is 17.0. The first-order valence-electron chi connectivity index (χ1n) is 8.69. The predicted octanol–water partition coefficient (Wildman–Crippen LogP) is 1.58. The van der Waals surface area contributed by atoms with Crippen molar-refractivity contribution < 1.29 is 14.3 Å². The zero-order valence-electron chi connectivity index (χ0n) is 13.9. The van der Waals surface area contributed by atoms with Crippen LogP contribution in [0.2, 0.25) is 0 Å². The summed E-state index contributed by atoms with van der Waals surface area (Å²) in [5.41, 5.74) is 6.31. The molecule has 0 radical (unpaired) electrons. The first kappa shape index (κ1) is 16.8. The highest BCUT2D eigenvalue weighted by Crippen LogP contribution is 2.31. The lowest BCUT2D eigenvalue weighted by atomic mass is 9.82. The Morgan fingerprint density at radius 2 is 2.00 bits per heavy atom. The second-order valence-electron chi connectivity index (χ2n) is 6.63. The first-order chi connectivity index (χ1) is 11.6. The normalized spacial score (nSPS) is 19.4. The van der Waals surface area contributed by atoms with Gasteiger partial charge in [0.25, 0.3) is 5.91 Å². The summed E-state index contributed by atoms with van der Waals surface area (Å²) in [6.07, 6.45) is 5.39. The summed E-state index contributed by atoms with van der Waals surface area (Å²) in [7, 11) is 0. The third kappa shape index (κ3) is 3.53. The van der Waals surface area contributed by atoms with Gasteiger partial charge in [-0.1, -0.05) is 31.4 Å². The number of nitrogens with one attached hydrogen (secondary N) is 1. The first-order valence-corrected chi connectivity index (χ1v) is 8.69. The van der Waals surface area contributed by atoms with Gasteiger partial charge in [-0.3, -0.25) is 9.59 Å². The molecule has 1 aliphatic carbocycles. The summed E-state index contributed by atoms with van der Waals surface area (Å²) in [5.74, 6) is 0.614. The molecule has 6 heteroatoms. The highest BCUT2D eigenvalue weighted by atomic mass is 16.5. The van der Waals surface area contributed by atoms with Crippen LogP contribution >= 0.6 is 0 Å². The number of rotatable bonds is 5. The van der Waals surface area contributed by atoms with Crippen molar-refractivity contribution in [1.29, 1.82) is 0 Å². The van der Waals surface area contributed by atoms with Gasteiger partial charge in [-0.15, -0.1) is 0 Å². The monoisotopic (exact) mass is 331 g/mol. The molecule has 0 spiro atoms. The van der Waals surface area contributed by atoms with E-state index in [2.05, 4.69) is 5.32 Å². The zero-order valence-corrected chi connectivity index (χ0v) is 13.9. The highest BCUT2D eigenvalue weighted by molar-refractivity contribution is 5.97. The fourth-order valence-corrected chi connectivity index (χ4v) is 3.42. The van der Waals surface area contributed by atoms with Gasteiger partial charge in [0.15, 0.2) is 6.61 Å². The lowest BCUT2D eigenvalue weighted by Crippen LogP contribution is -2.55. The quantitative estimate of drug-likeness (QED) is 0.802. The molecule has 24 heavy (non-hydrogen) atoms. The van der Waals surface area contributed by atoms with Gasteiger partial charge >= 0.3 is 0 Å². The summed E-state index contributed by atoms with van der Waals surface area (Å²) in [4.78, 5) is 26.1. The number of benzene rings is 1. The topological polar surface area (TPSA) is 84.7 Å². The van der Waals surface area contributed by atoms with Gasteiger partial charge in [0.1, 0.15) is 5.75 Å². The van der Waals surface area contributed by atoms with E-state index in [1.165, 1.54) is 0 Å². The largest absolute Gasteiger partial charge is 0.482 e. The molecule has 1 saturated carbocycles. The summed E-state index contributed by atoms with van der Waals surface area (Å²) in [5, 5.41) is 2.94. The summed E-state index contributed by atoms with van der Waals surface area (Å²) in [6, 6.07) is 7.51. The lowest BCUT2D eigenvalue weighted by molar-refractivity contribution is -0.127. The molecule has 3 N–H and O–H groups in total. The van der Waals surface area contributed by atoms with Gasteiger partial charge in [-0.2, -0.15) is 0 Å². The second-order valence-corrected chi connectivity index (χ2v) is 6.63. The minimum Gasteiger partial charge on any atom is -0.482 e. The predicted molar refractivity (Wildman–Crippen MR) is 91.9 cm³/mol. The Labute approximate surface area is 142 Å². The fourth-order valence-electron chi connectivity index (χ4n) is 3.42. The number of nitrogens with two attached hydrogens (primary N) is 1. The number of carbonyl (C=O) groups excluding carboxylic acids is 2. The molecule has 1 fully saturated rings. The molecule has 2 amide bonds. The number of fused-ring (bicyclic) bond motifs is 1. The Morgan fingerprint density at radius 1 is 1.25 bits per heavy atom. The average Bonchev–Trinajstić information content (AvgIpc) is 2.60. The van der Waals surface area contributed by atoms with E-state index < -0.39 is 5.54 Å². The summed E-state index contributed by atoms with van der Waals surface area (Å²) < 4.78 is 5.43. The molecule has 0 saturated heterocycles. The highest BCUT2D eigenvalue weighted by Gasteiger charge is 2.34. The van der Waals surface area contributed by atoms with Gasteiger partial charge in [0.05, 0.1) is 11.2 Å². The van der Waals surface area contributed by atoms with E-state index in [-0.39, 0.29) is 18.4 Å². The minimum absolute atomic E-state index is 0.0531. The molecule has 2 aliphatic rings. The lowest BCUT2D eigenvalue weighted by Gasteiger charge is -2.32. The van der Waals surface area contributed by atoms with Crippen molar-refractivity contribution in [2.45, 2.75) is 44.1 Å². The minimum atomic E-state index is -0.709. The van der Waals surface area contributed by atoms with Crippen molar-refractivity contribution >= 4 is 17.5 Å². The maximum atomic E-state index is 12.3. The molecule has 1 aromatic rings. The van der Waals surface area contributed by atoms with Crippen molar-refractivity contribution in [3.05, 3.63) is 24.3 Å². The summed E-state index contributed by atoms with van der Waals surface area (Å²) >= 11 is 0. The standard InChI is InChI=1S/C18H25N3O3/c19-18(9-4-1-5-10-18)17(23)20-11-6-12-21-14-7-2-3-8-15(14)24-13-16(21)22/h2-3,7-8H,1,4-6,9-13,19H2,(H,20,23). The molecule has 0 aromatic heterocycles.